The minimum absolute atomic E-state index is 0.354. The second-order valence-electron chi connectivity index (χ2n) is 4.18. The Hall–Kier alpha value is -1.03. The molecular weight excluding hydrogens is 224 g/mol. The van der Waals surface area contributed by atoms with Crippen LogP contribution in [0.5, 0.6) is 0 Å². The lowest BCUT2D eigenvalue weighted by molar-refractivity contribution is 0.704. The van der Waals surface area contributed by atoms with Crippen LogP contribution in [-0.2, 0) is 0 Å². The summed E-state index contributed by atoms with van der Waals surface area (Å²) in [5, 5.41) is 0.354. The van der Waals surface area contributed by atoms with Crippen molar-refractivity contribution in [2.75, 3.05) is 17.2 Å². The molecule has 0 unspecified atom stereocenters. The third-order valence-electron chi connectivity index (χ3n) is 2.83. The first-order valence-corrected chi connectivity index (χ1v) is 6.14. The fraction of sp³-hybridized carbons (Fsp3) is 0.636. The molecule has 0 atom stereocenters. The average molecular weight is 241 g/mol. The number of anilines is 2. The number of hydrogen-bond acceptors (Lipinski definition) is 4. The van der Waals surface area contributed by atoms with E-state index in [-0.39, 0.29) is 0 Å². The first kappa shape index (κ1) is 11.5. The minimum Gasteiger partial charge on any atom is -0.393 e. The number of nitrogens with two attached hydrogens (primary N) is 1. The Kier molecular flexibility index (Phi) is 3.49. The van der Waals surface area contributed by atoms with Crippen molar-refractivity contribution in [2.45, 2.75) is 38.6 Å². The molecule has 1 heterocycles. The van der Waals surface area contributed by atoms with Crippen molar-refractivity contribution in [1.29, 1.82) is 0 Å². The Labute approximate surface area is 101 Å². The van der Waals surface area contributed by atoms with Crippen LogP contribution in [0.15, 0.2) is 6.33 Å². The zero-order valence-electron chi connectivity index (χ0n) is 9.49. The van der Waals surface area contributed by atoms with E-state index in [1.165, 1.54) is 25.6 Å². The van der Waals surface area contributed by atoms with Gasteiger partial charge >= 0.3 is 0 Å². The monoisotopic (exact) mass is 240 g/mol. The van der Waals surface area contributed by atoms with E-state index in [4.69, 9.17) is 17.3 Å². The minimum atomic E-state index is 0.354. The van der Waals surface area contributed by atoms with Gasteiger partial charge in [0.2, 0.25) is 0 Å². The molecule has 0 spiro atoms. The SMILES string of the molecule is CCCCN(c1ncnc(Cl)c1N)C1CC1. The molecule has 1 fully saturated rings. The summed E-state index contributed by atoms with van der Waals surface area (Å²) < 4.78 is 0. The van der Waals surface area contributed by atoms with Gasteiger partial charge in [0, 0.05) is 12.6 Å². The average Bonchev–Trinajstić information content (AvgIpc) is 3.08. The molecule has 0 aromatic carbocycles. The lowest BCUT2D eigenvalue weighted by Crippen LogP contribution is -2.28. The lowest BCUT2D eigenvalue weighted by atomic mass is 10.3. The number of nitrogen functional groups attached to an aromatic ring is 1. The van der Waals surface area contributed by atoms with Gasteiger partial charge in [0.05, 0.1) is 0 Å². The van der Waals surface area contributed by atoms with Gasteiger partial charge in [-0.1, -0.05) is 24.9 Å². The van der Waals surface area contributed by atoms with Crippen molar-refractivity contribution >= 4 is 23.1 Å². The van der Waals surface area contributed by atoms with E-state index in [9.17, 15) is 0 Å². The van der Waals surface area contributed by atoms with Gasteiger partial charge in [-0.05, 0) is 19.3 Å². The molecule has 1 aromatic rings. The number of hydrogen-bond donors (Lipinski definition) is 1. The number of unbranched alkanes of at least 4 members (excludes halogenated alkanes) is 1. The highest BCUT2D eigenvalue weighted by Crippen LogP contribution is 2.35. The van der Waals surface area contributed by atoms with Crippen LogP contribution in [0.2, 0.25) is 5.15 Å². The highest BCUT2D eigenvalue weighted by molar-refractivity contribution is 6.32. The maximum atomic E-state index is 5.92. The van der Waals surface area contributed by atoms with E-state index in [2.05, 4.69) is 21.8 Å². The zero-order valence-corrected chi connectivity index (χ0v) is 10.2. The second-order valence-corrected chi connectivity index (χ2v) is 4.54. The molecule has 16 heavy (non-hydrogen) atoms. The van der Waals surface area contributed by atoms with Gasteiger partial charge in [0.1, 0.15) is 12.0 Å². The van der Waals surface area contributed by atoms with E-state index in [1.807, 2.05) is 0 Å². The molecule has 0 radical (unpaired) electrons. The van der Waals surface area contributed by atoms with Crippen molar-refractivity contribution in [3.8, 4) is 0 Å². The van der Waals surface area contributed by atoms with Crippen molar-refractivity contribution < 1.29 is 0 Å². The van der Waals surface area contributed by atoms with Gasteiger partial charge < -0.3 is 10.6 Å². The summed E-state index contributed by atoms with van der Waals surface area (Å²) in [6.07, 6.45) is 6.25. The first-order valence-electron chi connectivity index (χ1n) is 5.76. The molecule has 0 aliphatic heterocycles. The van der Waals surface area contributed by atoms with Crippen LogP contribution >= 0.6 is 11.6 Å². The molecule has 2 N–H and O–H groups in total. The summed E-state index contributed by atoms with van der Waals surface area (Å²) in [5.41, 5.74) is 6.43. The largest absolute Gasteiger partial charge is 0.393 e. The third kappa shape index (κ3) is 2.38. The highest BCUT2D eigenvalue weighted by atomic mass is 35.5. The van der Waals surface area contributed by atoms with Crippen LogP contribution < -0.4 is 10.6 Å². The van der Waals surface area contributed by atoms with Gasteiger partial charge in [-0.3, -0.25) is 0 Å². The summed E-state index contributed by atoms with van der Waals surface area (Å²) in [7, 11) is 0. The van der Waals surface area contributed by atoms with Crippen molar-refractivity contribution in [3.05, 3.63) is 11.5 Å². The summed E-state index contributed by atoms with van der Waals surface area (Å²) >= 11 is 5.91. The van der Waals surface area contributed by atoms with Gasteiger partial charge in [-0.2, -0.15) is 0 Å². The summed E-state index contributed by atoms with van der Waals surface area (Å²) in [6.45, 7) is 3.18. The molecule has 0 bridgehead atoms. The zero-order chi connectivity index (χ0) is 11.5. The normalized spacial score (nSPS) is 15.1. The van der Waals surface area contributed by atoms with Gasteiger partial charge in [0.15, 0.2) is 11.0 Å². The molecule has 2 rings (SSSR count). The Morgan fingerprint density at radius 3 is 2.88 bits per heavy atom. The molecule has 0 amide bonds. The Bertz CT molecular complexity index is 365. The number of halogens is 1. The maximum absolute atomic E-state index is 5.92. The lowest BCUT2D eigenvalue weighted by Gasteiger charge is -2.24. The topological polar surface area (TPSA) is 55.0 Å². The van der Waals surface area contributed by atoms with Crippen LogP contribution in [0.1, 0.15) is 32.6 Å². The molecule has 1 aliphatic carbocycles. The predicted octanol–water partition coefficient (Wildman–Crippen LogP) is 2.48. The van der Waals surface area contributed by atoms with Crippen LogP contribution in [0.3, 0.4) is 0 Å². The van der Waals surface area contributed by atoms with Gasteiger partial charge in [-0.25, -0.2) is 9.97 Å². The number of rotatable bonds is 5. The molecule has 1 aliphatic rings. The van der Waals surface area contributed by atoms with E-state index in [0.717, 1.165) is 18.8 Å². The Balaban J connectivity index is 2.20. The van der Waals surface area contributed by atoms with E-state index in [0.29, 0.717) is 16.9 Å². The molecule has 1 aromatic heterocycles. The highest BCUT2D eigenvalue weighted by Gasteiger charge is 2.31. The van der Waals surface area contributed by atoms with Crippen LogP contribution in [0.25, 0.3) is 0 Å². The summed E-state index contributed by atoms with van der Waals surface area (Å²) in [6, 6.07) is 0.597. The maximum Gasteiger partial charge on any atom is 0.157 e. The van der Waals surface area contributed by atoms with Crippen molar-refractivity contribution in [1.82, 2.24) is 9.97 Å². The Morgan fingerprint density at radius 2 is 2.25 bits per heavy atom. The first-order chi connectivity index (χ1) is 7.74. The standard InChI is InChI=1S/C11H17ClN4/c1-2-3-6-16(8-4-5-8)11-9(13)10(12)14-7-15-11/h7-8H,2-6,13H2,1H3. The van der Waals surface area contributed by atoms with Crippen LogP contribution in [-0.4, -0.2) is 22.6 Å². The van der Waals surface area contributed by atoms with Crippen molar-refractivity contribution in [2.24, 2.45) is 0 Å². The molecule has 5 heteroatoms. The van der Waals surface area contributed by atoms with E-state index < -0.39 is 0 Å². The smallest absolute Gasteiger partial charge is 0.157 e. The quantitative estimate of drug-likeness (QED) is 0.804. The number of aromatic nitrogens is 2. The molecule has 0 saturated heterocycles. The molecule has 4 nitrogen and oxygen atoms in total. The van der Waals surface area contributed by atoms with E-state index >= 15 is 0 Å². The molecule has 1 saturated carbocycles. The van der Waals surface area contributed by atoms with Gasteiger partial charge in [-0.15, -0.1) is 0 Å². The number of nitrogens with zero attached hydrogens (tertiary/aromatic N) is 3. The summed E-state index contributed by atoms with van der Waals surface area (Å²) in [4.78, 5) is 10.4. The fourth-order valence-corrected chi connectivity index (χ4v) is 1.90. The summed E-state index contributed by atoms with van der Waals surface area (Å²) in [5.74, 6) is 0.802. The molecule has 88 valence electrons. The second kappa shape index (κ2) is 4.87. The van der Waals surface area contributed by atoms with Gasteiger partial charge in [0.25, 0.3) is 0 Å². The van der Waals surface area contributed by atoms with Crippen LogP contribution in [0, 0.1) is 0 Å². The Morgan fingerprint density at radius 1 is 1.50 bits per heavy atom. The predicted molar refractivity (Wildman–Crippen MR) is 66.7 cm³/mol. The van der Waals surface area contributed by atoms with Crippen molar-refractivity contribution in [3.63, 3.8) is 0 Å². The van der Waals surface area contributed by atoms with Crippen LogP contribution in [0.4, 0.5) is 11.5 Å². The third-order valence-corrected chi connectivity index (χ3v) is 3.13. The molecular formula is C11H17ClN4. The van der Waals surface area contributed by atoms with E-state index in [1.54, 1.807) is 0 Å². The fourth-order valence-electron chi connectivity index (χ4n) is 1.77.